The van der Waals surface area contributed by atoms with Crippen LogP contribution in [0.4, 0.5) is 0 Å². The lowest BCUT2D eigenvalue weighted by Crippen LogP contribution is -2.15. The molecule has 0 spiro atoms. The molecule has 4 aromatic carbocycles. The Bertz CT molecular complexity index is 1600. The lowest BCUT2D eigenvalue weighted by molar-refractivity contribution is 0.101. The molecule has 6 heteroatoms. The van der Waals surface area contributed by atoms with Gasteiger partial charge in [0.05, 0.1) is 50.5 Å². The predicted molar refractivity (Wildman–Crippen MR) is 136 cm³/mol. The van der Waals surface area contributed by atoms with Crippen LogP contribution in [0.15, 0.2) is 30.3 Å². The molecule has 5 rings (SSSR count). The van der Waals surface area contributed by atoms with Crippen molar-refractivity contribution < 1.29 is 28.5 Å². The van der Waals surface area contributed by atoms with Gasteiger partial charge in [-0.3, -0.25) is 9.59 Å². The van der Waals surface area contributed by atoms with Crippen molar-refractivity contribution in [2.45, 2.75) is 20.8 Å². The van der Waals surface area contributed by atoms with E-state index >= 15 is 0 Å². The van der Waals surface area contributed by atoms with E-state index in [4.69, 9.17) is 18.9 Å². The normalized spacial score (nSPS) is 12.0. The summed E-state index contributed by atoms with van der Waals surface area (Å²) in [5, 5.41) is 3.17. The van der Waals surface area contributed by atoms with E-state index in [9.17, 15) is 9.59 Å². The zero-order valence-corrected chi connectivity index (χ0v) is 20.8. The zero-order valence-electron chi connectivity index (χ0n) is 20.8. The molecule has 0 fully saturated rings. The first kappa shape index (κ1) is 22.7. The number of hydrogen-bond acceptors (Lipinski definition) is 6. The Balaban J connectivity index is 2.18. The number of hydrogen-bond donors (Lipinski definition) is 0. The van der Waals surface area contributed by atoms with Gasteiger partial charge in [0.2, 0.25) is 5.78 Å². The molecule has 0 bridgehead atoms. The van der Waals surface area contributed by atoms with Gasteiger partial charge in [0.15, 0.2) is 5.78 Å². The van der Waals surface area contributed by atoms with Gasteiger partial charge < -0.3 is 18.9 Å². The Kier molecular flexibility index (Phi) is 5.20. The summed E-state index contributed by atoms with van der Waals surface area (Å²) in [6.45, 7) is 5.45. The molecule has 0 atom stereocenters. The molecule has 0 saturated heterocycles. The van der Waals surface area contributed by atoms with Crippen molar-refractivity contribution in [3.63, 3.8) is 0 Å². The van der Waals surface area contributed by atoms with Crippen LogP contribution in [0.3, 0.4) is 0 Å². The van der Waals surface area contributed by atoms with Crippen molar-refractivity contribution >= 4 is 33.1 Å². The van der Waals surface area contributed by atoms with E-state index in [0.29, 0.717) is 50.6 Å². The van der Waals surface area contributed by atoms with E-state index in [1.807, 2.05) is 38.1 Å². The number of methoxy groups -OCH3 is 4. The lowest BCUT2D eigenvalue weighted by Gasteiger charge is -2.28. The minimum atomic E-state index is -0.167. The van der Waals surface area contributed by atoms with Crippen molar-refractivity contribution in [1.82, 2.24) is 0 Å². The molecule has 6 nitrogen and oxygen atoms in total. The van der Waals surface area contributed by atoms with Crippen LogP contribution < -0.4 is 18.9 Å². The highest BCUT2D eigenvalue weighted by molar-refractivity contribution is 6.34. The number of carbonyl (C=O) groups excluding carboxylic acids is 2. The average Bonchev–Trinajstić information content (AvgIpc) is 2.84. The maximum atomic E-state index is 14.0. The van der Waals surface area contributed by atoms with Crippen LogP contribution in [0.2, 0.25) is 0 Å². The first-order chi connectivity index (χ1) is 16.8. The van der Waals surface area contributed by atoms with Crippen LogP contribution in [0, 0.1) is 13.8 Å². The van der Waals surface area contributed by atoms with E-state index in [2.05, 4.69) is 0 Å². The van der Waals surface area contributed by atoms with Crippen molar-refractivity contribution in [3.8, 4) is 34.1 Å². The van der Waals surface area contributed by atoms with Crippen molar-refractivity contribution in [2.75, 3.05) is 28.4 Å². The summed E-state index contributed by atoms with van der Waals surface area (Å²) in [5.74, 6) is 1.67. The molecule has 0 aliphatic heterocycles. The number of carbonyl (C=O) groups is 2. The summed E-state index contributed by atoms with van der Waals surface area (Å²) in [7, 11) is 6.26. The Morgan fingerprint density at radius 2 is 1.37 bits per heavy atom. The van der Waals surface area contributed by atoms with Crippen LogP contribution >= 0.6 is 0 Å². The SMILES string of the molecule is COc1cc(C)cc2c1C(=O)c1c(OC)cc(C)c3c1c-2c(OC)c1c(OC)c(C(C)=O)ccc13. The number of ketones is 2. The van der Waals surface area contributed by atoms with E-state index in [1.54, 1.807) is 34.5 Å². The van der Waals surface area contributed by atoms with Crippen LogP contribution in [-0.2, 0) is 0 Å². The highest BCUT2D eigenvalue weighted by Crippen LogP contribution is 2.55. The first-order valence-electron chi connectivity index (χ1n) is 11.3. The summed E-state index contributed by atoms with van der Waals surface area (Å²) < 4.78 is 23.2. The maximum absolute atomic E-state index is 14.0. The Hall–Kier alpha value is -4.06. The Morgan fingerprint density at radius 3 is 1.97 bits per heavy atom. The second-order valence-electron chi connectivity index (χ2n) is 8.77. The van der Waals surface area contributed by atoms with Crippen LogP contribution in [-0.4, -0.2) is 40.0 Å². The molecule has 0 N–H and O–H groups in total. The fourth-order valence-electron chi connectivity index (χ4n) is 5.45. The third-order valence-electron chi connectivity index (χ3n) is 6.82. The predicted octanol–water partition coefficient (Wildman–Crippen LogP) is 6.06. The van der Waals surface area contributed by atoms with E-state index in [1.165, 1.54) is 6.92 Å². The number of aryl methyl sites for hydroxylation is 2. The summed E-state index contributed by atoms with van der Waals surface area (Å²) in [6, 6.07) is 9.36. The molecule has 0 unspecified atom stereocenters. The fourth-order valence-corrected chi connectivity index (χ4v) is 5.45. The van der Waals surface area contributed by atoms with Crippen LogP contribution in [0.5, 0.6) is 23.0 Å². The van der Waals surface area contributed by atoms with E-state index in [0.717, 1.165) is 32.8 Å². The zero-order chi connectivity index (χ0) is 25.2. The van der Waals surface area contributed by atoms with Gasteiger partial charge in [-0.25, -0.2) is 0 Å². The largest absolute Gasteiger partial charge is 0.496 e. The van der Waals surface area contributed by atoms with Crippen molar-refractivity contribution in [2.24, 2.45) is 0 Å². The molecule has 0 amide bonds. The van der Waals surface area contributed by atoms with Crippen LogP contribution in [0.1, 0.15) is 44.3 Å². The molecule has 0 saturated carbocycles. The molecule has 178 valence electrons. The molecular formula is C29H26O6. The molecular weight excluding hydrogens is 444 g/mol. The third kappa shape index (κ3) is 2.95. The third-order valence-corrected chi connectivity index (χ3v) is 6.82. The van der Waals surface area contributed by atoms with Crippen molar-refractivity contribution in [1.29, 1.82) is 0 Å². The molecule has 4 aromatic rings. The van der Waals surface area contributed by atoms with Gasteiger partial charge in [0.1, 0.15) is 23.0 Å². The summed E-state index contributed by atoms with van der Waals surface area (Å²) >= 11 is 0. The molecule has 1 aliphatic rings. The lowest BCUT2D eigenvalue weighted by atomic mass is 9.77. The van der Waals surface area contributed by atoms with E-state index in [-0.39, 0.29) is 11.6 Å². The molecule has 35 heavy (non-hydrogen) atoms. The van der Waals surface area contributed by atoms with Gasteiger partial charge in [-0.15, -0.1) is 0 Å². The summed E-state index contributed by atoms with van der Waals surface area (Å²) in [4.78, 5) is 26.5. The minimum absolute atomic E-state index is 0.111. The quantitative estimate of drug-likeness (QED) is 0.230. The van der Waals surface area contributed by atoms with Gasteiger partial charge >= 0.3 is 0 Å². The fraction of sp³-hybridized carbons (Fsp3) is 0.241. The Morgan fingerprint density at radius 1 is 0.714 bits per heavy atom. The Labute approximate surface area is 203 Å². The molecule has 0 radical (unpaired) electrons. The number of ether oxygens (including phenoxy) is 4. The number of Topliss-reactive ketones (excluding diaryl/α,β-unsaturated/α-hetero) is 1. The van der Waals surface area contributed by atoms with Gasteiger partial charge in [0, 0.05) is 16.5 Å². The monoisotopic (exact) mass is 470 g/mol. The first-order valence-corrected chi connectivity index (χ1v) is 11.3. The smallest absolute Gasteiger partial charge is 0.201 e. The molecule has 1 aliphatic carbocycles. The highest BCUT2D eigenvalue weighted by Gasteiger charge is 2.36. The second kappa shape index (κ2) is 8.01. The van der Waals surface area contributed by atoms with Gasteiger partial charge in [-0.1, -0.05) is 12.1 Å². The number of benzene rings is 4. The molecule has 0 aromatic heterocycles. The average molecular weight is 471 g/mol. The minimum Gasteiger partial charge on any atom is -0.496 e. The molecule has 0 heterocycles. The van der Waals surface area contributed by atoms with Crippen molar-refractivity contribution in [3.05, 3.63) is 58.1 Å². The highest BCUT2D eigenvalue weighted by atomic mass is 16.5. The van der Waals surface area contributed by atoms with Gasteiger partial charge in [0.25, 0.3) is 0 Å². The van der Waals surface area contributed by atoms with Gasteiger partial charge in [-0.05, 0) is 60.9 Å². The number of fused-ring (bicyclic) bond motifs is 4. The van der Waals surface area contributed by atoms with E-state index < -0.39 is 0 Å². The second-order valence-corrected chi connectivity index (χ2v) is 8.77. The topological polar surface area (TPSA) is 71.1 Å². The summed E-state index contributed by atoms with van der Waals surface area (Å²) in [5.41, 5.74) is 4.72. The number of rotatable bonds is 5. The van der Waals surface area contributed by atoms with Crippen LogP contribution in [0.25, 0.3) is 32.7 Å². The standard InChI is InChI=1S/C29H26O6/c1-13-10-18-22(19(11-13)32-4)27(31)25-20(33-5)12-14(2)21-17-9-8-16(15(3)30)28(34-6)24(17)29(35-7)23(18)26(21)25/h8-12H,1-7H3. The maximum Gasteiger partial charge on any atom is 0.201 e. The van der Waals surface area contributed by atoms with Gasteiger partial charge in [-0.2, -0.15) is 0 Å². The summed E-state index contributed by atoms with van der Waals surface area (Å²) in [6.07, 6.45) is 0.